The lowest BCUT2D eigenvalue weighted by Gasteiger charge is -2.30. The molecule has 7 nitrogen and oxygen atoms in total. The zero-order valence-corrected chi connectivity index (χ0v) is 18.9. The van der Waals surface area contributed by atoms with Gasteiger partial charge in [0.1, 0.15) is 0 Å². The molecule has 0 saturated heterocycles. The lowest BCUT2D eigenvalue weighted by Crippen LogP contribution is -2.35. The minimum atomic E-state index is -3.86. The van der Waals surface area contributed by atoms with Gasteiger partial charge >= 0.3 is 5.97 Å². The molecule has 4 rings (SSSR count). The number of hydrogen-bond acceptors (Lipinski definition) is 5. The van der Waals surface area contributed by atoms with E-state index in [9.17, 15) is 18.0 Å². The Bertz CT molecular complexity index is 1310. The van der Waals surface area contributed by atoms with Crippen molar-refractivity contribution in [2.24, 2.45) is 0 Å². The molecule has 0 atom stereocenters. The normalized spacial score (nSPS) is 13.3. The third-order valence-electron chi connectivity index (χ3n) is 4.82. The highest BCUT2D eigenvalue weighted by molar-refractivity contribution is 8.00. The molecule has 0 aliphatic carbocycles. The molecule has 3 aromatic carbocycles. The summed E-state index contributed by atoms with van der Waals surface area (Å²) in [7, 11) is -3.86. The number of hydrogen-bond donors (Lipinski definition) is 2. The van der Waals surface area contributed by atoms with Gasteiger partial charge in [0.05, 0.1) is 16.1 Å². The third-order valence-corrected chi connectivity index (χ3v) is 7.90. The number of nitrogens with one attached hydrogen (secondary N) is 1. The number of rotatable bonds is 5. The second-order valence-corrected chi connectivity index (χ2v) is 10.3. The van der Waals surface area contributed by atoms with E-state index < -0.39 is 21.9 Å². The molecule has 0 aromatic heterocycles. The Morgan fingerprint density at radius 3 is 2.41 bits per heavy atom. The molecule has 2 N–H and O–H groups in total. The SMILES string of the molecule is O=C(O)c1ccc(NC(=O)c2ccc3c(c2)N(S(=O)(=O)c2cccc(Cl)c2)CCS3)cc1. The Labute approximate surface area is 194 Å². The number of halogens is 1. The van der Waals surface area contributed by atoms with Crippen LogP contribution in [0.2, 0.25) is 5.02 Å². The van der Waals surface area contributed by atoms with Crippen molar-refractivity contribution in [3.63, 3.8) is 0 Å². The first-order valence-electron chi connectivity index (χ1n) is 9.45. The van der Waals surface area contributed by atoms with Crippen molar-refractivity contribution in [1.29, 1.82) is 0 Å². The van der Waals surface area contributed by atoms with Crippen molar-refractivity contribution >= 4 is 56.6 Å². The summed E-state index contributed by atoms with van der Waals surface area (Å²) in [6, 6.07) is 16.7. The molecule has 0 saturated carbocycles. The number of carboxylic acids is 1. The number of carboxylic acid groups (broad SMARTS) is 1. The van der Waals surface area contributed by atoms with Gasteiger partial charge in [-0.25, -0.2) is 13.2 Å². The fourth-order valence-corrected chi connectivity index (χ4v) is 6.16. The molecule has 0 spiro atoms. The van der Waals surface area contributed by atoms with Crippen LogP contribution in [0.15, 0.2) is 76.5 Å². The Balaban J connectivity index is 1.64. The molecule has 32 heavy (non-hydrogen) atoms. The van der Waals surface area contributed by atoms with E-state index in [0.29, 0.717) is 22.2 Å². The van der Waals surface area contributed by atoms with Crippen LogP contribution in [-0.4, -0.2) is 37.7 Å². The number of aromatic carboxylic acids is 1. The van der Waals surface area contributed by atoms with Crippen LogP contribution in [0.1, 0.15) is 20.7 Å². The summed E-state index contributed by atoms with van der Waals surface area (Å²) in [5.41, 5.74) is 1.24. The molecular formula is C22H17ClN2O5S2. The summed E-state index contributed by atoms with van der Waals surface area (Å²) in [5, 5.41) is 12.0. The van der Waals surface area contributed by atoms with Gasteiger partial charge in [0.2, 0.25) is 0 Å². The molecule has 10 heteroatoms. The molecule has 0 radical (unpaired) electrons. The van der Waals surface area contributed by atoms with Crippen molar-refractivity contribution in [1.82, 2.24) is 0 Å². The van der Waals surface area contributed by atoms with Gasteiger partial charge in [-0.2, -0.15) is 0 Å². The number of fused-ring (bicyclic) bond motifs is 1. The number of benzene rings is 3. The lowest BCUT2D eigenvalue weighted by molar-refractivity contribution is 0.0696. The maximum Gasteiger partial charge on any atom is 0.335 e. The number of sulfonamides is 1. The Morgan fingerprint density at radius 2 is 1.72 bits per heavy atom. The van der Waals surface area contributed by atoms with Crippen LogP contribution >= 0.6 is 23.4 Å². The Morgan fingerprint density at radius 1 is 1.00 bits per heavy atom. The van der Waals surface area contributed by atoms with Gasteiger partial charge in [0.25, 0.3) is 15.9 Å². The summed E-state index contributed by atoms with van der Waals surface area (Å²) in [6.07, 6.45) is 0. The van der Waals surface area contributed by atoms with Gasteiger partial charge in [-0.3, -0.25) is 9.10 Å². The van der Waals surface area contributed by atoms with E-state index in [1.165, 1.54) is 52.5 Å². The number of nitrogens with zero attached hydrogens (tertiary/aromatic N) is 1. The van der Waals surface area contributed by atoms with Gasteiger partial charge < -0.3 is 10.4 Å². The largest absolute Gasteiger partial charge is 0.478 e. The summed E-state index contributed by atoms with van der Waals surface area (Å²) >= 11 is 7.50. The second-order valence-electron chi connectivity index (χ2n) is 6.90. The average Bonchev–Trinajstić information content (AvgIpc) is 2.78. The van der Waals surface area contributed by atoms with Crippen LogP contribution in [0.25, 0.3) is 0 Å². The van der Waals surface area contributed by atoms with E-state index in [-0.39, 0.29) is 22.6 Å². The minimum absolute atomic E-state index is 0.0798. The number of thioether (sulfide) groups is 1. The highest BCUT2D eigenvalue weighted by atomic mass is 35.5. The van der Waals surface area contributed by atoms with Crippen LogP contribution in [0.5, 0.6) is 0 Å². The molecule has 0 unspecified atom stereocenters. The van der Waals surface area contributed by atoms with E-state index in [1.54, 1.807) is 30.3 Å². The zero-order chi connectivity index (χ0) is 22.9. The second kappa shape index (κ2) is 8.85. The number of amides is 1. The molecular weight excluding hydrogens is 472 g/mol. The quantitative estimate of drug-likeness (QED) is 0.544. The van der Waals surface area contributed by atoms with Crippen molar-refractivity contribution in [3.8, 4) is 0 Å². The van der Waals surface area contributed by atoms with Crippen LogP contribution in [-0.2, 0) is 10.0 Å². The summed E-state index contributed by atoms with van der Waals surface area (Å²) in [5.74, 6) is -0.920. The standard InChI is InChI=1S/C22H17ClN2O5S2/c23-16-2-1-3-18(13-16)32(29,30)25-10-11-31-20-9-6-15(12-19(20)25)21(26)24-17-7-4-14(5-8-17)22(27)28/h1-9,12-13H,10-11H2,(H,24,26)(H,27,28). The van der Waals surface area contributed by atoms with Crippen molar-refractivity contribution < 1.29 is 23.1 Å². The maximum atomic E-state index is 13.3. The van der Waals surface area contributed by atoms with Crippen LogP contribution in [0, 0.1) is 0 Å². The summed E-state index contributed by atoms with van der Waals surface area (Å²) in [6.45, 7) is 0.258. The Kier molecular flexibility index (Phi) is 6.14. The number of anilines is 2. The van der Waals surface area contributed by atoms with E-state index in [1.807, 2.05) is 0 Å². The summed E-state index contributed by atoms with van der Waals surface area (Å²) in [4.78, 5) is 24.6. The smallest absolute Gasteiger partial charge is 0.335 e. The maximum absolute atomic E-state index is 13.3. The van der Waals surface area contributed by atoms with Crippen molar-refractivity contribution in [2.45, 2.75) is 9.79 Å². The van der Waals surface area contributed by atoms with E-state index >= 15 is 0 Å². The van der Waals surface area contributed by atoms with E-state index in [0.717, 1.165) is 4.90 Å². The molecule has 1 heterocycles. The molecule has 3 aromatic rings. The monoisotopic (exact) mass is 488 g/mol. The van der Waals surface area contributed by atoms with Crippen LogP contribution in [0.4, 0.5) is 11.4 Å². The van der Waals surface area contributed by atoms with E-state index in [2.05, 4.69) is 5.32 Å². The molecule has 0 bridgehead atoms. The van der Waals surface area contributed by atoms with Gasteiger partial charge in [-0.05, 0) is 60.7 Å². The van der Waals surface area contributed by atoms with E-state index in [4.69, 9.17) is 16.7 Å². The molecule has 1 amide bonds. The first kappa shape index (κ1) is 22.2. The number of carbonyl (C=O) groups excluding carboxylic acids is 1. The fraction of sp³-hybridized carbons (Fsp3) is 0.0909. The van der Waals surface area contributed by atoms with Gasteiger partial charge in [0, 0.05) is 33.5 Å². The van der Waals surface area contributed by atoms with Crippen LogP contribution in [0.3, 0.4) is 0 Å². The third kappa shape index (κ3) is 4.45. The minimum Gasteiger partial charge on any atom is -0.478 e. The molecule has 164 valence electrons. The predicted molar refractivity (Wildman–Crippen MR) is 125 cm³/mol. The average molecular weight is 489 g/mol. The highest BCUT2D eigenvalue weighted by Crippen LogP contribution is 2.38. The first-order valence-corrected chi connectivity index (χ1v) is 12.3. The highest BCUT2D eigenvalue weighted by Gasteiger charge is 2.30. The molecule has 1 aliphatic rings. The summed E-state index contributed by atoms with van der Waals surface area (Å²) < 4.78 is 27.8. The van der Waals surface area contributed by atoms with Gasteiger partial charge in [-0.1, -0.05) is 17.7 Å². The Hall–Kier alpha value is -3.01. The van der Waals surface area contributed by atoms with Crippen molar-refractivity contribution in [2.75, 3.05) is 21.9 Å². The van der Waals surface area contributed by atoms with Gasteiger partial charge in [-0.15, -0.1) is 11.8 Å². The number of carbonyl (C=O) groups is 2. The zero-order valence-electron chi connectivity index (χ0n) is 16.5. The van der Waals surface area contributed by atoms with Crippen molar-refractivity contribution in [3.05, 3.63) is 82.9 Å². The molecule has 1 aliphatic heterocycles. The predicted octanol–water partition coefficient (Wildman–Crippen LogP) is 4.59. The van der Waals surface area contributed by atoms with Gasteiger partial charge in [0.15, 0.2) is 0 Å². The molecule has 0 fully saturated rings. The first-order chi connectivity index (χ1) is 15.3. The van der Waals surface area contributed by atoms with Crippen LogP contribution < -0.4 is 9.62 Å². The fourth-order valence-electron chi connectivity index (χ4n) is 3.24. The lowest BCUT2D eigenvalue weighted by atomic mass is 10.1. The topological polar surface area (TPSA) is 104 Å².